The van der Waals surface area contributed by atoms with E-state index in [0.717, 1.165) is 19.4 Å². The van der Waals surface area contributed by atoms with Gasteiger partial charge in [0, 0.05) is 13.1 Å². The van der Waals surface area contributed by atoms with Crippen molar-refractivity contribution in [2.24, 2.45) is 5.92 Å². The molecule has 0 bridgehead atoms. The number of ether oxygens (including phenoxy) is 1. The number of hydrogen-bond acceptors (Lipinski definition) is 5. The van der Waals surface area contributed by atoms with Gasteiger partial charge in [-0.1, -0.05) is 27.2 Å². The van der Waals surface area contributed by atoms with E-state index in [1.807, 2.05) is 13.8 Å². The zero-order chi connectivity index (χ0) is 17.2. The van der Waals surface area contributed by atoms with E-state index in [9.17, 15) is 14.4 Å². The van der Waals surface area contributed by atoms with Crippen molar-refractivity contribution in [2.75, 3.05) is 32.8 Å². The number of nitrogens with zero attached hydrogens (tertiary/aromatic N) is 1. The number of esters is 1. The fourth-order valence-corrected chi connectivity index (χ4v) is 2.29. The number of unbranched alkanes of at least 4 members (excludes halogenated alkanes) is 1. The van der Waals surface area contributed by atoms with Gasteiger partial charge in [0.15, 0.2) is 0 Å². The number of hydrogen-bond donors (Lipinski definition) is 2. The first-order chi connectivity index (χ1) is 11.0. The van der Waals surface area contributed by atoms with Crippen molar-refractivity contribution < 1.29 is 19.1 Å². The van der Waals surface area contributed by atoms with Gasteiger partial charge in [-0.05, 0) is 18.9 Å². The number of amides is 2. The Morgan fingerprint density at radius 3 is 2.83 bits per heavy atom. The topological polar surface area (TPSA) is 87.7 Å². The Bertz CT molecular complexity index is 412. The molecule has 1 saturated heterocycles. The number of piperazine rings is 1. The van der Waals surface area contributed by atoms with Crippen LogP contribution in [0.1, 0.15) is 40.0 Å². The molecule has 1 aliphatic heterocycles. The molecule has 0 aromatic rings. The molecule has 0 radical (unpaired) electrons. The maximum atomic E-state index is 12.3. The summed E-state index contributed by atoms with van der Waals surface area (Å²) in [5.41, 5.74) is 0. The molecule has 1 atom stereocenters. The highest BCUT2D eigenvalue weighted by atomic mass is 16.5. The van der Waals surface area contributed by atoms with Crippen LogP contribution < -0.4 is 10.6 Å². The Hall–Kier alpha value is -1.63. The van der Waals surface area contributed by atoms with Crippen LogP contribution in [0.15, 0.2) is 0 Å². The van der Waals surface area contributed by atoms with Crippen LogP contribution in [0, 0.1) is 5.92 Å². The van der Waals surface area contributed by atoms with Gasteiger partial charge in [-0.3, -0.25) is 14.4 Å². The standard InChI is InChI=1S/C16H29N3O4/c1-4-5-6-17-10-14(20)19-8-7-18-16(22)13(19)9-15(21)23-11-12(2)3/h12-13,17H,4-11H2,1-3H3,(H,18,22). The van der Waals surface area contributed by atoms with E-state index >= 15 is 0 Å². The van der Waals surface area contributed by atoms with Crippen molar-refractivity contribution in [1.29, 1.82) is 0 Å². The van der Waals surface area contributed by atoms with Gasteiger partial charge >= 0.3 is 5.97 Å². The third kappa shape index (κ3) is 6.99. The summed E-state index contributed by atoms with van der Waals surface area (Å²) < 4.78 is 5.12. The molecule has 0 aliphatic carbocycles. The zero-order valence-electron chi connectivity index (χ0n) is 14.4. The predicted molar refractivity (Wildman–Crippen MR) is 86.7 cm³/mol. The van der Waals surface area contributed by atoms with Crippen molar-refractivity contribution in [3.8, 4) is 0 Å². The minimum Gasteiger partial charge on any atom is -0.465 e. The lowest BCUT2D eigenvalue weighted by molar-refractivity contribution is -0.152. The fourth-order valence-electron chi connectivity index (χ4n) is 2.29. The lowest BCUT2D eigenvalue weighted by atomic mass is 10.1. The second-order valence-electron chi connectivity index (χ2n) is 6.21. The van der Waals surface area contributed by atoms with Crippen LogP contribution in [0.3, 0.4) is 0 Å². The Kier molecular flexibility index (Phi) is 8.61. The molecule has 7 nitrogen and oxygen atoms in total. The van der Waals surface area contributed by atoms with E-state index in [1.165, 1.54) is 4.90 Å². The van der Waals surface area contributed by atoms with E-state index in [-0.39, 0.29) is 30.7 Å². The quantitative estimate of drug-likeness (QED) is 0.469. The SMILES string of the molecule is CCCCNCC(=O)N1CCNC(=O)C1CC(=O)OCC(C)C. The summed E-state index contributed by atoms with van der Waals surface area (Å²) in [7, 11) is 0. The molecule has 1 rings (SSSR count). The largest absolute Gasteiger partial charge is 0.465 e. The Labute approximate surface area is 138 Å². The van der Waals surface area contributed by atoms with Gasteiger partial charge in [0.2, 0.25) is 11.8 Å². The molecule has 1 aliphatic rings. The molecule has 23 heavy (non-hydrogen) atoms. The summed E-state index contributed by atoms with van der Waals surface area (Å²) in [6.07, 6.45) is 1.95. The van der Waals surface area contributed by atoms with Crippen LogP contribution >= 0.6 is 0 Å². The smallest absolute Gasteiger partial charge is 0.308 e. The lowest BCUT2D eigenvalue weighted by Gasteiger charge is -2.34. The van der Waals surface area contributed by atoms with Gasteiger partial charge in [-0.2, -0.15) is 0 Å². The van der Waals surface area contributed by atoms with E-state index in [0.29, 0.717) is 19.7 Å². The van der Waals surface area contributed by atoms with Crippen LogP contribution in [-0.4, -0.2) is 61.5 Å². The number of nitrogens with one attached hydrogen (secondary N) is 2. The predicted octanol–water partition coefficient (Wildman–Crippen LogP) is 0.292. The normalized spacial score (nSPS) is 18.0. The minimum absolute atomic E-state index is 0.0980. The van der Waals surface area contributed by atoms with E-state index in [4.69, 9.17) is 4.74 Å². The van der Waals surface area contributed by atoms with Gasteiger partial charge in [-0.25, -0.2) is 0 Å². The molecule has 2 N–H and O–H groups in total. The summed E-state index contributed by atoms with van der Waals surface area (Å²) in [5.74, 6) is -0.658. The van der Waals surface area contributed by atoms with Crippen molar-refractivity contribution in [3.63, 3.8) is 0 Å². The molecule has 0 spiro atoms. The summed E-state index contributed by atoms with van der Waals surface area (Å²) in [6, 6.07) is -0.774. The van der Waals surface area contributed by atoms with Gasteiger partial charge in [0.25, 0.3) is 0 Å². The van der Waals surface area contributed by atoms with Crippen molar-refractivity contribution in [2.45, 2.75) is 46.1 Å². The highest BCUT2D eigenvalue weighted by Crippen LogP contribution is 2.11. The second-order valence-corrected chi connectivity index (χ2v) is 6.21. The average Bonchev–Trinajstić information content (AvgIpc) is 2.51. The van der Waals surface area contributed by atoms with Crippen LogP contribution in [0.25, 0.3) is 0 Å². The Balaban J connectivity index is 2.55. The van der Waals surface area contributed by atoms with Crippen LogP contribution in [-0.2, 0) is 19.1 Å². The van der Waals surface area contributed by atoms with E-state index in [2.05, 4.69) is 17.6 Å². The van der Waals surface area contributed by atoms with Crippen LogP contribution in [0.4, 0.5) is 0 Å². The first kappa shape index (κ1) is 19.4. The number of carbonyl (C=O) groups is 3. The van der Waals surface area contributed by atoms with Gasteiger partial charge in [0.1, 0.15) is 6.04 Å². The van der Waals surface area contributed by atoms with Gasteiger partial charge in [-0.15, -0.1) is 0 Å². The van der Waals surface area contributed by atoms with Crippen LogP contribution in [0.2, 0.25) is 0 Å². The molecule has 2 amide bonds. The monoisotopic (exact) mass is 327 g/mol. The molecule has 132 valence electrons. The van der Waals surface area contributed by atoms with Gasteiger partial charge < -0.3 is 20.3 Å². The molecule has 0 aromatic carbocycles. The summed E-state index contributed by atoms with van der Waals surface area (Å²) in [6.45, 7) is 8.07. The van der Waals surface area contributed by atoms with Gasteiger partial charge in [0.05, 0.1) is 19.6 Å². The number of carbonyl (C=O) groups excluding carboxylic acids is 3. The molecule has 1 unspecified atom stereocenters. The maximum Gasteiger partial charge on any atom is 0.308 e. The van der Waals surface area contributed by atoms with E-state index in [1.54, 1.807) is 0 Å². The summed E-state index contributed by atoms with van der Waals surface area (Å²) >= 11 is 0. The summed E-state index contributed by atoms with van der Waals surface area (Å²) in [5, 5.41) is 5.78. The zero-order valence-corrected chi connectivity index (χ0v) is 14.4. The minimum atomic E-state index is -0.774. The molecule has 0 aromatic heterocycles. The van der Waals surface area contributed by atoms with Crippen molar-refractivity contribution in [3.05, 3.63) is 0 Å². The Morgan fingerprint density at radius 2 is 2.17 bits per heavy atom. The highest BCUT2D eigenvalue weighted by Gasteiger charge is 2.34. The van der Waals surface area contributed by atoms with Crippen molar-refractivity contribution >= 4 is 17.8 Å². The molecule has 0 saturated carbocycles. The lowest BCUT2D eigenvalue weighted by Crippen LogP contribution is -2.59. The number of rotatable bonds is 9. The molecular formula is C16H29N3O4. The van der Waals surface area contributed by atoms with Crippen LogP contribution in [0.5, 0.6) is 0 Å². The first-order valence-electron chi connectivity index (χ1n) is 8.39. The first-order valence-corrected chi connectivity index (χ1v) is 8.39. The summed E-state index contributed by atoms with van der Waals surface area (Å²) in [4.78, 5) is 37.7. The highest BCUT2D eigenvalue weighted by molar-refractivity contribution is 5.92. The third-order valence-electron chi connectivity index (χ3n) is 3.57. The molecule has 7 heteroatoms. The fraction of sp³-hybridized carbons (Fsp3) is 0.812. The third-order valence-corrected chi connectivity index (χ3v) is 3.57. The maximum absolute atomic E-state index is 12.3. The Morgan fingerprint density at radius 1 is 1.43 bits per heavy atom. The molecule has 1 fully saturated rings. The second kappa shape index (κ2) is 10.2. The van der Waals surface area contributed by atoms with E-state index < -0.39 is 12.0 Å². The average molecular weight is 327 g/mol. The molecule has 1 heterocycles. The van der Waals surface area contributed by atoms with Crippen molar-refractivity contribution in [1.82, 2.24) is 15.5 Å². The molecular weight excluding hydrogens is 298 g/mol.